The second kappa shape index (κ2) is 12.2. The summed E-state index contributed by atoms with van der Waals surface area (Å²) in [4.78, 5) is 12.8. The van der Waals surface area contributed by atoms with Crippen LogP contribution in [0.5, 0.6) is 5.75 Å². The van der Waals surface area contributed by atoms with Gasteiger partial charge in [0.2, 0.25) is 5.91 Å². The van der Waals surface area contributed by atoms with Gasteiger partial charge in [-0.25, -0.2) is 0 Å². The normalized spacial score (nSPS) is 13.0. The third-order valence-electron chi connectivity index (χ3n) is 5.38. The summed E-state index contributed by atoms with van der Waals surface area (Å²) < 4.78 is 5.92. The minimum Gasteiger partial charge on any atom is -0.494 e. The number of carbonyl (C=O) groups excluding carboxylic acids is 1. The van der Waals surface area contributed by atoms with Crippen LogP contribution in [0.25, 0.3) is 17.7 Å². The van der Waals surface area contributed by atoms with Crippen LogP contribution in [0, 0.1) is 0 Å². The standard InChI is InChI=1S/C27H35ClNO2P/c1-7-8-13-31-22-11-9-18(4)23(15-22)20(6)24(16-27(30)29-17(2)3)19(5)21-10-12-26(32)25(28)14-21/h9-12,14-15,17H,4,7-8,13,16,32H2,1-3,5-6H3,(H,29,30)/b23-20-,24-19+. The van der Waals surface area contributed by atoms with Crippen molar-refractivity contribution in [3.63, 3.8) is 0 Å². The summed E-state index contributed by atoms with van der Waals surface area (Å²) in [6.45, 7) is 15.1. The highest BCUT2D eigenvalue weighted by Gasteiger charge is 2.15. The molecule has 0 aliphatic rings. The van der Waals surface area contributed by atoms with Gasteiger partial charge < -0.3 is 10.1 Å². The van der Waals surface area contributed by atoms with Crippen LogP contribution in [0.3, 0.4) is 0 Å². The Hall–Kier alpha value is -2.09. The molecule has 0 spiro atoms. The molecular formula is C27H35ClNO2P. The molecule has 1 N–H and O–H groups in total. The van der Waals surface area contributed by atoms with Crippen LogP contribution in [0.1, 0.15) is 59.4 Å². The van der Waals surface area contributed by atoms with E-state index in [1.54, 1.807) is 0 Å². The maximum absolute atomic E-state index is 12.8. The van der Waals surface area contributed by atoms with Crippen molar-refractivity contribution in [1.29, 1.82) is 0 Å². The van der Waals surface area contributed by atoms with E-state index in [2.05, 4.69) is 28.1 Å². The second-order valence-corrected chi connectivity index (χ2v) is 9.41. The fourth-order valence-corrected chi connectivity index (χ4v) is 3.87. The Morgan fingerprint density at radius 2 is 1.91 bits per heavy atom. The summed E-state index contributed by atoms with van der Waals surface area (Å²) >= 11 is 6.38. The maximum atomic E-state index is 12.8. The van der Waals surface area contributed by atoms with Gasteiger partial charge in [-0.2, -0.15) is 0 Å². The molecule has 0 aliphatic carbocycles. The van der Waals surface area contributed by atoms with E-state index in [4.69, 9.17) is 16.3 Å². The lowest BCUT2D eigenvalue weighted by atomic mass is 9.92. The van der Waals surface area contributed by atoms with Crippen molar-refractivity contribution >= 4 is 49.8 Å². The maximum Gasteiger partial charge on any atom is 0.224 e. The summed E-state index contributed by atoms with van der Waals surface area (Å²) in [7, 11) is 2.64. The Morgan fingerprint density at radius 1 is 1.19 bits per heavy atom. The minimum atomic E-state index is -0.0107. The molecule has 0 saturated carbocycles. The zero-order chi connectivity index (χ0) is 23.8. The van der Waals surface area contributed by atoms with Gasteiger partial charge in [0.25, 0.3) is 0 Å². The molecule has 3 nitrogen and oxygen atoms in total. The van der Waals surface area contributed by atoms with Crippen molar-refractivity contribution in [2.45, 2.75) is 59.9 Å². The summed E-state index contributed by atoms with van der Waals surface area (Å²) in [5.41, 5.74) is 3.99. The van der Waals surface area contributed by atoms with Gasteiger partial charge in [-0.05, 0) is 90.3 Å². The molecule has 0 radical (unpaired) electrons. The van der Waals surface area contributed by atoms with Crippen LogP contribution < -0.4 is 25.8 Å². The number of amides is 1. The Bertz CT molecular complexity index is 1110. The number of rotatable bonds is 9. The first kappa shape index (κ1) is 26.2. The lowest BCUT2D eigenvalue weighted by Crippen LogP contribution is -2.31. The molecule has 0 fully saturated rings. The Labute approximate surface area is 199 Å². The predicted molar refractivity (Wildman–Crippen MR) is 142 cm³/mol. The fraction of sp³-hybridized carbons (Fsp3) is 0.370. The highest BCUT2D eigenvalue weighted by molar-refractivity contribution is 7.28. The highest BCUT2D eigenvalue weighted by atomic mass is 35.5. The first-order valence-corrected chi connectivity index (χ1v) is 12.1. The molecule has 2 rings (SSSR count). The monoisotopic (exact) mass is 471 g/mol. The van der Waals surface area contributed by atoms with E-state index in [9.17, 15) is 4.79 Å². The van der Waals surface area contributed by atoms with Crippen LogP contribution in [0.4, 0.5) is 0 Å². The van der Waals surface area contributed by atoms with Gasteiger partial charge in [-0.15, -0.1) is 9.24 Å². The number of hydrogen-bond donors (Lipinski definition) is 1. The van der Waals surface area contributed by atoms with Gasteiger partial charge in [0.15, 0.2) is 0 Å². The van der Waals surface area contributed by atoms with Crippen molar-refractivity contribution in [1.82, 2.24) is 5.32 Å². The van der Waals surface area contributed by atoms with Crippen LogP contribution in [0.2, 0.25) is 5.02 Å². The molecule has 2 aromatic rings. The van der Waals surface area contributed by atoms with Crippen molar-refractivity contribution in [2.75, 3.05) is 6.61 Å². The van der Waals surface area contributed by atoms with E-state index in [1.807, 2.05) is 64.1 Å². The third-order valence-corrected chi connectivity index (χ3v) is 6.39. The minimum absolute atomic E-state index is 0.0107. The summed E-state index contributed by atoms with van der Waals surface area (Å²) in [6.07, 6.45) is 2.37. The lowest BCUT2D eigenvalue weighted by Gasteiger charge is -2.16. The molecule has 5 heteroatoms. The Balaban J connectivity index is 2.65. The number of carbonyl (C=O) groups is 1. The molecule has 172 valence electrons. The molecule has 0 heterocycles. The van der Waals surface area contributed by atoms with E-state index in [1.165, 1.54) is 0 Å². The lowest BCUT2D eigenvalue weighted by molar-refractivity contribution is -0.120. The number of ether oxygens (including phenoxy) is 1. The molecule has 1 atom stereocenters. The Kier molecular flexibility index (Phi) is 10.0. The summed E-state index contributed by atoms with van der Waals surface area (Å²) in [5.74, 6) is 0.808. The number of allylic oxidation sites excluding steroid dienone is 1. The number of nitrogens with one attached hydrogen (secondary N) is 1. The fourth-order valence-electron chi connectivity index (χ4n) is 3.51. The quantitative estimate of drug-likeness (QED) is 0.413. The first-order chi connectivity index (χ1) is 15.1. The molecule has 32 heavy (non-hydrogen) atoms. The van der Waals surface area contributed by atoms with Gasteiger partial charge in [0.05, 0.1) is 13.0 Å². The van der Waals surface area contributed by atoms with Crippen molar-refractivity contribution in [3.8, 4) is 5.75 Å². The third kappa shape index (κ3) is 7.22. The number of benzene rings is 2. The zero-order valence-corrected chi connectivity index (χ0v) is 21.8. The molecule has 2 aromatic carbocycles. The van der Waals surface area contributed by atoms with E-state index in [-0.39, 0.29) is 18.4 Å². The molecule has 0 bridgehead atoms. The van der Waals surface area contributed by atoms with Crippen molar-refractivity contribution in [2.24, 2.45) is 0 Å². The molecule has 0 aromatic heterocycles. The molecule has 1 unspecified atom stereocenters. The average Bonchev–Trinajstić information content (AvgIpc) is 2.74. The van der Waals surface area contributed by atoms with Crippen LogP contribution in [-0.2, 0) is 4.79 Å². The number of unbranched alkanes of at least 4 members (excludes halogenated alkanes) is 1. The van der Waals surface area contributed by atoms with Gasteiger partial charge in [-0.1, -0.05) is 49.7 Å². The Morgan fingerprint density at radius 3 is 2.53 bits per heavy atom. The van der Waals surface area contributed by atoms with E-state index >= 15 is 0 Å². The zero-order valence-electron chi connectivity index (χ0n) is 19.8. The van der Waals surface area contributed by atoms with Crippen molar-refractivity contribution < 1.29 is 9.53 Å². The summed E-state index contributed by atoms with van der Waals surface area (Å²) in [6, 6.07) is 12.0. The highest BCUT2D eigenvalue weighted by Crippen LogP contribution is 2.28. The van der Waals surface area contributed by atoms with Gasteiger partial charge in [-0.3, -0.25) is 4.79 Å². The predicted octanol–water partition coefficient (Wildman–Crippen LogP) is 4.99. The van der Waals surface area contributed by atoms with E-state index in [0.717, 1.165) is 56.6 Å². The topological polar surface area (TPSA) is 38.3 Å². The van der Waals surface area contributed by atoms with Crippen molar-refractivity contribution in [3.05, 3.63) is 63.0 Å². The second-order valence-electron chi connectivity index (χ2n) is 8.38. The van der Waals surface area contributed by atoms with Crippen LogP contribution >= 0.6 is 20.8 Å². The largest absolute Gasteiger partial charge is 0.494 e. The van der Waals surface area contributed by atoms with Crippen LogP contribution in [0.15, 0.2) is 42.0 Å². The van der Waals surface area contributed by atoms with E-state index < -0.39 is 0 Å². The van der Waals surface area contributed by atoms with Gasteiger partial charge in [0, 0.05) is 11.1 Å². The average molecular weight is 472 g/mol. The number of hydrogen-bond acceptors (Lipinski definition) is 2. The SMILES string of the molecule is C=c1ccc(OCCCC)c/c1=C(C)/C(CC(=O)NC(C)C)=C(\C)c1ccc(P)c(Cl)c1. The van der Waals surface area contributed by atoms with E-state index in [0.29, 0.717) is 11.6 Å². The van der Waals surface area contributed by atoms with Gasteiger partial charge >= 0.3 is 0 Å². The molecule has 1 amide bonds. The molecule has 0 saturated heterocycles. The first-order valence-electron chi connectivity index (χ1n) is 11.1. The molecular weight excluding hydrogens is 437 g/mol. The van der Waals surface area contributed by atoms with Gasteiger partial charge in [0.1, 0.15) is 5.75 Å². The summed E-state index contributed by atoms with van der Waals surface area (Å²) in [5, 5.41) is 6.52. The number of halogens is 1. The smallest absolute Gasteiger partial charge is 0.224 e. The molecule has 0 aliphatic heterocycles. The van der Waals surface area contributed by atoms with Crippen LogP contribution in [-0.4, -0.2) is 18.6 Å².